The van der Waals surface area contributed by atoms with Gasteiger partial charge < -0.3 is 4.74 Å². The van der Waals surface area contributed by atoms with Gasteiger partial charge in [-0.25, -0.2) is 13.1 Å². The number of ether oxygens (including phenoxy) is 1. The van der Waals surface area contributed by atoms with Gasteiger partial charge in [0.2, 0.25) is 10.0 Å². The van der Waals surface area contributed by atoms with Gasteiger partial charge in [-0.15, -0.1) is 0 Å². The molecule has 2 fully saturated rings. The minimum absolute atomic E-state index is 0.00491. The molecule has 0 amide bonds. The first-order valence-electron chi connectivity index (χ1n) is 8.76. The molecule has 1 unspecified atom stereocenters. The van der Waals surface area contributed by atoms with Crippen LogP contribution < -0.4 is 4.72 Å². The van der Waals surface area contributed by atoms with Gasteiger partial charge in [0, 0.05) is 26.2 Å². The van der Waals surface area contributed by atoms with E-state index in [0.29, 0.717) is 19.1 Å². The van der Waals surface area contributed by atoms with Gasteiger partial charge >= 0.3 is 0 Å². The predicted molar refractivity (Wildman–Crippen MR) is 95.4 cm³/mol. The van der Waals surface area contributed by atoms with Gasteiger partial charge in [0.15, 0.2) is 0 Å². The van der Waals surface area contributed by atoms with E-state index < -0.39 is 10.0 Å². The van der Waals surface area contributed by atoms with E-state index in [9.17, 15) is 8.42 Å². The van der Waals surface area contributed by atoms with E-state index >= 15 is 0 Å². The molecular weight excluding hydrogens is 324 g/mol. The summed E-state index contributed by atoms with van der Waals surface area (Å²) in [6.45, 7) is 6.26. The molecule has 1 aromatic carbocycles. The van der Waals surface area contributed by atoms with E-state index in [2.05, 4.69) is 40.8 Å². The summed E-state index contributed by atoms with van der Waals surface area (Å²) in [5, 5.41) is 0. The van der Waals surface area contributed by atoms with Crippen molar-refractivity contribution >= 4 is 10.0 Å². The summed E-state index contributed by atoms with van der Waals surface area (Å²) in [4.78, 5) is 2.43. The second kappa shape index (κ2) is 7.12. The Morgan fingerprint density at radius 3 is 2.46 bits per heavy atom. The van der Waals surface area contributed by atoms with Crippen molar-refractivity contribution in [3.63, 3.8) is 0 Å². The van der Waals surface area contributed by atoms with Gasteiger partial charge in [0.1, 0.15) is 0 Å². The molecule has 6 heteroatoms. The molecule has 2 aliphatic rings. The van der Waals surface area contributed by atoms with E-state index in [1.165, 1.54) is 17.4 Å². The van der Waals surface area contributed by atoms with Gasteiger partial charge in [-0.3, -0.25) is 4.90 Å². The van der Waals surface area contributed by atoms with Crippen molar-refractivity contribution < 1.29 is 13.2 Å². The quantitative estimate of drug-likeness (QED) is 0.848. The van der Waals surface area contributed by atoms with Crippen molar-refractivity contribution in [3.05, 3.63) is 35.4 Å². The Morgan fingerprint density at radius 2 is 1.92 bits per heavy atom. The van der Waals surface area contributed by atoms with Crippen LogP contribution in [0.2, 0.25) is 0 Å². The van der Waals surface area contributed by atoms with Crippen LogP contribution in [0.15, 0.2) is 24.3 Å². The summed E-state index contributed by atoms with van der Waals surface area (Å²) in [5.74, 6) is 0.293. The SMILES string of the molecule is CCc1ccc(CN2CC3(CCC(CNS(C)(=O)=O)CO3)C2)cc1. The Labute approximate surface area is 145 Å². The summed E-state index contributed by atoms with van der Waals surface area (Å²) >= 11 is 0. The number of hydrogen-bond acceptors (Lipinski definition) is 4. The number of aryl methyl sites for hydroxylation is 1. The Bertz CT molecular complexity index is 641. The van der Waals surface area contributed by atoms with E-state index in [-0.39, 0.29) is 5.60 Å². The minimum atomic E-state index is -3.11. The lowest BCUT2D eigenvalue weighted by atomic mass is 9.83. The molecule has 5 nitrogen and oxygen atoms in total. The lowest BCUT2D eigenvalue weighted by molar-refractivity contribution is -0.181. The molecule has 1 atom stereocenters. The summed E-state index contributed by atoms with van der Waals surface area (Å²) in [6, 6.07) is 8.86. The molecule has 24 heavy (non-hydrogen) atoms. The van der Waals surface area contributed by atoms with Crippen molar-refractivity contribution in [1.82, 2.24) is 9.62 Å². The van der Waals surface area contributed by atoms with Crippen LogP contribution in [0.1, 0.15) is 30.9 Å². The topological polar surface area (TPSA) is 58.6 Å². The van der Waals surface area contributed by atoms with Crippen molar-refractivity contribution in [1.29, 1.82) is 0 Å². The molecule has 3 rings (SSSR count). The Morgan fingerprint density at radius 1 is 1.25 bits per heavy atom. The fourth-order valence-electron chi connectivity index (χ4n) is 3.62. The minimum Gasteiger partial charge on any atom is -0.372 e. The smallest absolute Gasteiger partial charge is 0.208 e. The van der Waals surface area contributed by atoms with Gasteiger partial charge in [-0.05, 0) is 36.3 Å². The standard InChI is InChI=1S/C18H28N2O3S/c1-3-15-4-6-16(7-5-15)11-20-13-18(14-20)9-8-17(12-23-18)10-19-24(2,21)22/h4-7,17,19H,3,8-14H2,1-2H3. The normalized spacial score (nSPS) is 24.0. The van der Waals surface area contributed by atoms with Gasteiger partial charge in [-0.2, -0.15) is 0 Å². The van der Waals surface area contributed by atoms with Crippen LogP contribution in [0.25, 0.3) is 0 Å². The average Bonchev–Trinajstić information content (AvgIpc) is 2.53. The first kappa shape index (κ1) is 17.9. The van der Waals surface area contributed by atoms with E-state index in [1.807, 2.05) is 0 Å². The molecule has 2 aliphatic heterocycles. The summed E-state index contributed by atoms with van der Waals surface area (Å²) in [5.41, 5.74) is 2.74. The van der Waals surface area contributed by atoms with E-state index in [0.717, 1.165) is 38.9 Å². The predicted octanol–water partition coefficient (Wildman–Crippen LogP) is 1.78. The fraction of sp³-hybridized carbons (Fsp3) is 0.667. The highest BCUT2D eigenvalue weighted by Gasteiger charge is 2.46. The van der Waals surface area contributed by atoms with Gasteiger partial charge in [0.05, 0.1) is 18.5 Å². The molecule has 0 aromatic heterocycles. The summed E-state index contributed by atoms with van der Waals surface area (Å²) in [6.07, 6.45) is 4.33. The van der Waals surface area contributed by atoms with Crippen LogP contribution in [0.5, 0.6) is 0 Å². The number of hydrogen-bond donors (Lipinski definition) is 1. The summed E-state index contributed by atoms with van der Waals surface area (Å²) < 4.78 is 31.0. The molecular formula is C18H28N2O3S. The molecule has 134 valence electrons. The van der Waals surface area contributed by atoms with Crippen LogP contribution in [0.4, 0.5) is 0 Å². The summed E-state index contributed by atoms with van der Waals surface area (Å²) in [7, 11) is -3.11. The maximum absolute atomic E-state index is 11.2. The number of benzene rings is 1. The van der Waals surface area contributed by atoms with Crippen LogP contribution in [0.3, 0.4) is 0 Å². The van der Waals surface area contributed by atoms with E-state index in [1.54, 1.807) is 0 Å². The molecule has 0 aliphatic carbocycles. The molecule has 1 aromatic rings. The molecule has 0 radical (unpaired) electrons. The Kier molecular flexibility index (Phi) is 5.30. The molecule has 2 heterocycles. The molecule has 2 saturated heterocycles. The zero-order valence-corrected chi connectivity index (χ0v) is 15.4. The van der Waals surface area contributed by atoms with Crippen molar-refractivity contribution in [2.24, 2.45) is 5.92 Å². The number of sulfonamides is 1. The number of rotatable bonds is 6. The van der Waals surface area contributed by atoms with Crippen LogP contribution in [0, 0.1) is 5.92 Å². The first-order chi connectivity index (χ1) is 11.4. The highest BCUT2D eigenvalue weighted by Crippen LogP contribution is 2.36. The third kappa shape index (κ3) is 4.57. The monoisotopic (exact) mass is 352 g/mol. The second-order valence-corrected chi connectivity index (χ2v) is 9.17. The average molecular weight is 353 g/mol. The molecule has 1 N–H and O–H groups in total. The molecule has 1 spiro atoms. The Hall–Kier alpha value is -0.950. The van der Waals surface area contributed by atoms with Gasteiger partial charge in [-0.1, -0.05) is 31.2 Å². The number of nitrogens with one attached hydrogen (secondary N) is 1. The van der Waals surface area contributed by atoms with Crippen LogP contribution in [-0.4, -0.2) is 51.4 Å². The third-order valence-electron chi connectivity index (χ3n) is 5.13. The van der Waals surface area contributed by atoms with Crippen molar-refractivity contribution in [3.8, 4) is 0 Å². The number of likely N-dealkylation sites (tertiary alicyclic amines) is 1. The van der Waals surface area contributed by atoms with Crippen LogP contribution in [-0.2, 0) is 27.7 Å². The Balaban J connectivity index is 1.41. The maximum Gasteiger partial charge on any atom is 0.208 e. The highest BCUT2D eigenvalue weighted by atomic mass is 32.2. The lowest BCUT2D eigenvalue weighted by Gasteiger charge is -2.53. The zero-order valence-electron chi connectivity index (χ0n) is 14.6. The molecule has 0 saturated carbocycles. The lowest BCUT2D eigenvalue weighted by Crippen LogP contribution is -2.64. The second-order valence-electron chi connectivity index (χ2n) is 7.33. The maximum atomic E-state index is 11.2. The zero-order chi connectivity index (χ0) is 17.2. The fourth-order valence-corrected chi connectivity index (χ4v) is 4.15. The van der Waals surface area contributed by atoms with Crippen molar-refractivity contribution in [2.75, 3.05) is 32.5 Å². The number of nitrogens with zero attached hydrogens (tertiary/aromatic N) is 1. The largest absolute Gasteiger partial charge is 0.372 e. The van der Waals surface area contributed by atoms with E-state index in [4.69, 9.17) is 4.74 Å². The van der Waals surface area contributed by atoms with Gasteiger partial charge in [0.25, 0.3) is 0 Å². The van der Waals surface area contributed by atoms with Crippen molar-refractivity contribution in [2.45, 2.75) is 38.3 Å². The van der Waals surface area contributed by atoms with Crippen LogP contribution >= 0.6 is 0 Å². The third-order valence-corrected chi connectivity index (χ3v) is 5.82. The highest BCUT2D eigenvalue weighted by molar-refractivity contribution is 7.88. The first-order valence-corrected chi connectivity index (χ1v) is 10.7. The molecule has 0 bridgehead atoms.